The Hall–Kier alpha value is -2.98. The maximum Gasteiger partial charge on any atom is 0.331 e. The predicted molar refractivity (Wildman–Crippen MR) is 118 cm³/mol. The fourth-order valence-corrected chi connectivity index (χ4v) is 5.38. The van der Waals surface area contributed by atoms with Gasteiger partial charge in [-0.05, 0) is 46.9 Å². The van der Waals surface area contributed by atoms with Gasteiger partial charge in [0.2, 0.25) is 0 Å². The molecule has 168 valence electrons. The number of carbonyl (C=O) groups excluding carboxylic acids is 4. The lowest BCUT2D eigenvalue weighted by atomic mass is 10.1. The molecule has 0 N–H and O–H groups in total. The maximum atomic E-state index is 12.3. The van der Waals surface area contributed by atoms with Crippen molar-refractivity contribution in [1.29, 1.82) is 0 Å². The molecule has 32 heavy (non-hydrogen) atoms. The molecule has 0 aliphatic carbocycles. The Morgan fingerprint density at radius 1 is 0.781 bits per heavy atom. The van der Waals surface area contributed by atoms with Crippen molar-refractivity contribution in [2.45, 2.75) is 25.9 Å². The van der Waals surface area contributed by atoms with E-state index in [9.17, 15) is 19.2 Å². The zero-order chi connectivity index (χ0) is 22.5. The van der Waals surface area contributed by atoms with Crippen LogP contribution in [0.3, 0.4) is 0 Å². The van der Waals surface area contributed by atoms with Crippen molar-refractivity contribution < 1.29 is 28.7 Å². The molecule has 0 radical (unpaired) electrons. The lowest BCUT2D eigenvalue weighted by Crippen LogP contribution is -2.38. The summed E-state index contributed by atoms with van der Waals surface area (Å²) in [6.07, 6.45) is 3.38. The molecule has 2 amide bonds. The Labute approximate surface area is 193 Å². The first-order valence-electron chi connectivity index (χ1n) is 10.2. The van der Waals surface area contributed by atoms with E-state index in [-0.39, 0.29) is 11.8 Å². The minimum absolute atomic E-state index is 0.285. The minimum atomic E-state index is -0.823. The number of fused-ring (bicyclic) bond motifs is 2. The normalized spacial score (nSPS) is 15.2. The van der Waals surface area contributed by atoms with E-state index >= 15 is 0 Å². The van der Waals surface area contributed by atoms with Gasteiger partial charge in [-0.1, -0.05) is 0 Å². The van der Waals surface area contributed by atoms with Gasteiger partial charge in [0.05, 0.1) is 0 Å². The molecule has 0 saturated heterocycles. The van der Waals surface area contributed by atoms with Gasteiger partial charge in [-0.15, -0.1) is 22.7 Å². The second-order valence-corrected chi connectivity index (χ2v) is 9.42. The molecule has 2 aliphatic rings. The van der Waals surface area contributed by atoms with Crippen LogP contribution in [0.5, 0.6) is 0 Å². The Morgan fingerprint density at radius 2 is 1.22 bits per heavy atom. The average Bonchev–Trinajstić information content (AvgIpc) is 3.47. The number of amides is 2. The fourth-order valence-electron chi connectivity index (χ4n) is 3.60. The third-order valence-electron chi connectivity index (χ3n) is 5.35. The van der Waals surface area contributed by atoms with E-state index in [0.29, 0.717) is 26.2 Å². The molecule has 0 spiro atoms. The van der Waals surface area contributed by atoms with E-state index in [0.717, 1.165) is 36.1 Å². The van der Waals surface area contributed by atoms with Crippen molar-refractivity contribution >= 4 is 46.4 Å². The molecule has 8 nitrogen and oxygen atoms in total. The highest BCUT2D eigenvalue weighted by Crippen LogP contribution is 2.24. The van der Waals surface area contributed by atoms with Gasteiger partial charge in [0, 0.05) is 48.1 Å². The van der Waals surface area contributed by atoms with Crippen LogP contribution >= 0.6 is 22.7 Å². The number of hydrogen-bond donors (Lipinski definition) is 0. The molecule has 2 aliphatic heterocycles. The summed E-state index contributed by atoms with van der Waals surface area (Å²) in [4.78, 5) is 54.0. The number of carbonyl (C=O) groups is 4. The molecule has 0 saturated carbocycles. The maximum absolute atomic E-state index is 12.3. The highest BCUT2D eigenvalue weighted by Gasteiger charge is 2.23. The molecule has 2 aromatic heterocycles. The SMILES string of the molecule is O=C(/C=C/C(=O)OCC(=O)N1CCc2sccc2C1)OCC(=O)N1CCc2sccc2C1. The van der Waals surface area contributed by atoms with Crippen molar-refractivity contribution in [3.63, 3.8) is 0 Å². The van der Waals surface area contributed by atoms with Crippen LogP contribution in [-0.4, -0.2) is 59.9 Å². The molecule has 4 rings (SSSR count). The third kappa shape index (κ3) is 5.43. The second-order valence-electron chi connectivity index (χ2n) is 7.42. The predicted octanol–water partition coefficient (Wildman–Crippen LogP) is 1.92. The summed E-state index contributed by atoms with van der Waals surface area (Å²) >= 11 is 3.36. The van der Waals surface area contributed by atoms with Crippen LogP contribution in [0, 0.1) is 0 Å². The molecule has 0 bridgehead atoms. The Bertz CT molecular complexity index is 974. The first-order chi connectivity index (χ1) is 15.5. The van der Waals surface area contributed by atoms with E-state index in [2.05, 4.69) is 0 Å². The first-order valence-corrected chi connectivity index (χ1v) is 11.9. The van der Waals surface area contributed by atoms with Crippen molar-refractivity contribution in [2.75, 3.05) is 26.3 Å². The highest BCUT2D eigenvalue weighted by molar-refractivity contribution is 7.10. The van der Waals surface area contributed by atoms with E-state index in [4.69, 9.17) is 9.47 Å². The highest BCUT2D eigenvalue weighted by atomic mass is 32.1. The molecular weight excluding hydrogens is 452 g/mol. The lowest BCUT2D eigenvalue weighted by Gasteiger charge is -2.26. The van der Waals surface area contributed by atoms with Gasteiger partial charge in [-0.2, -0.15) is 0 Å². The molecule has 0 aromatic carbocycles. The summed E-state index contributed by atoms with van der Waals surface area (Å²) in [5.41, 5.74) is 2.25. The van der Waals surface area contributed by atoms with Crippen LogP contribution in [0.25, 0.3) is 0 Å². The standard InChI is InChI=1S/C22H22N2O6S2/c25-19(23-7-3-17-15(11-23)5-9-31-17)13-29-21(27)1-2-22(28)30-14-20(26)24-8-4-18-16(12-24)6-10-32-18/h1-2,5-6,9-10H,3-4,7-8,11-14H2/b2-1+. The molecule has 0 atom stereocenters. The van der Waals surface area contributed by atoms with Gasteiger partial charge in [-0.25, -0.2) is 9.59 Å². The molecule has 2 aromatic rings. The van der Waals surface area contributed by atoms with Gasteiger partial charge in [0.15, 0.2) is 13.2 Å². The number of thiophene rings is 2. The van der Waals surface area contributed by atoms with Crippen molar-refractivity contribution in [2.24, 2.45) is 0 Å². The van der Waals surface area contributed by atoms with Crippen molar-refractivity contribution in [3.05, 3.63) is 55.9 Å². The zero-order valence-electron chi connectivity index (χ0n) is 17.3. The molecular formula is C22H22N2O6S2. The zero-order valence-corrected chi connectivity index (χ0v) is 18.9. The van der Waals surface area contributed by atoms with Crippen molar-refractivity contribution in [3.8, 4) is 0 Å². The van der Waals surface area contributed by atoms with Crippen LogP contribution < -0.4 is 0 Å². The molecule has 0 fully saturated rings. The van der Waals surface area contributed by atoms with Crippen LogP contribution in [-0.2, 0) is 54.6 Å². The minimum Gasteiger partial charge on any atom is -0.452 e. The van der Waals surface area contributed by atoms with Crippen molar-refractivity contribution in [1.82, 2.24) is 9.80 Å². The average molecular weight is 475 g/mol. The molecule has 4 heterocycles. The van der Waals surface area contributed by atoms with Gasteiger partial charge in [0.1, 0.15) is 0 Å². The quantitative estimate of drug-likeness (QED) is 0.469. The summed E-state index contributed by atoms with van der Waals surface area (Å²) in [7, 11) is 0. The van der Waals surface area contributed by atoms with Gasteiger partial charge >= 0.3 is 11.9 Å². The summed E-state index contributed by atoms with van der Waals surface area (Å²) in [6.45, 7) is 1.41. The van der Waals surface area contributed by atoms with E-state index in [1.165, 1.54) is 9.75 Å². The van der Waals surface area contributed by atoms with Gasteiger partial charge < -0.3 is 19.3 Å². The summed E-state index contributed by atoms with van der Waals surface area (Å²) in [5, 5.41) is 4.00. The third-order valence-corrected chi connectivity index (χ3v) is 7.40. The summed E-state index contributed by atoms with van der Waals surface area (Å²) in [6, 6.07) is 3.99. The van der Waals surface area contributed by atoms with Crippen LogP contribution in [0.4, 0.5) is 0 Å². The van der Waals surface area contributed by atoms with E-state index < -0.39 is 25.2 Å². The van der Waals surface area contributed by atoms with Crippen LogP contribution in [0.2, 0.25) is 0 Å². The van der Waals surface area contributed by atoms with Crippen LogP contribution in [0.15, 0.2) is 35.0 Å². The smallest absolute Gasteiger partial charge is 0.331 e. The monoisotopic (exact) mass is 474 g/mol. The van der Waals surface area contributed by atoms with Gasteiger partial charge in [0.25, 0.3) is 11.8 Å². The van der Waals surface area contributed by atoms with Gasteiger partial charge in [-0.3, -0.25) is 9.59 Å². The Morgan fingerprint density at radius 3 is 1.66 bits per heavy atom. The van der Waals surface area contributed by atoms with Crippen LogP contribution in [0.1, 0.15) is 20.9 Å². The van der Waals surface area contributed by atoms with E-state index in [1.54, 1.807) is 32.5 Å². The summed E-state index contributed by atoms with van der Waals surface area (Å²) < 4.78 is 9.85. The number of esters is 2. The number of ether oxygens (including phenoxy) is 2. The Kier molecular flexibility index (Phi) is 7.01. The largest absolute Gasteiger partial charge is 0.452 e. The van der Waals surface area contributed by atoms with E-state index in [1.807, 2.05) is 22.9 Å². The first kappa shape index (κ1) is 22.2. The fraction of sp³-hybridized carbons (Fsp3) is 0.364. The lowest BCUT2D eigenvalue weighted by molar-refractivity contribution is -0.149. The number of rotatable bonds is 6. The number of nitrogens with zero attached hydrogens (tertiary/aromatic N) is 2. The summed E-state index contributed by atoms with van der Waals surface area (Å²) in [5.74, 6) is -2.22. The molecule has 0 unspecified atom stereocenters. The number of hydrogen-bond acceptors (Lipinski definition) is 8. The topological polar surface area (TPSA) is 93.2 Å². The second kappa shape index (κ2) is 10.1. The molecule has 10 heteroatoms. The Balaban J connectivity index is 1.15.